The van der Waals surface area contributed by atoms with Crippen LogP contribution in [-0.2, 0) is 4.79 Å². The summed E-state index contributed by atoms with van der Waals surface area (Å²) >= 11 is 0. The molecular weight excluding hydrogens is 302 g/mol. The first-order chi connectivity index (χ1) is 11.3. The smallest absolute Gasteiger partial charge is 0.251 e. The number of nitrogens with one attached hydrogen (secondary N) is 3. The van der Waals surface area contributed by atoms with Crippen LogP contribution in [0.3, 0.4) is 0 Å². The van der Waals surface area contributed by atoms with E-state index in [1.54, 1.807) is 12.1 Å². The number of hydrogen-bond donors (Lipinski definition) is 3. The van der Waals surface area contributed by atoms with Gasteiger partial charge < -0.3 is 16.0 Å². The van der Waals surface area contributed by atoms with E-state index in [1.165, 1.54) is 19.3 Å². The van der Waals surface area contributed by atoms with Gasteiger partial charge in [-0.05, 0) is 57.9 Å². The van der Waals surface area contributed by atoms with Gasteiger partial charge in [0.25, 0.3) is 5.91 Å². The maximum absolute atomic E-state index is 12.3. The average molecular weight is 331 g/mol. The summed E-state index contributed by atoms with van der Waals surface area (Å²) in [6.45, 7) is 6.06. The van der Waals surface area contributed by atoms with Gasteiger partial charge >= 0.3 is 0 Å². The van der Waals surface area contributed by atoms with E-state index in [-0.39, 0.29) is 23.9 Å². The number of carbonyl (C=O) groups excluding carboxylic acids is 2. The van der Waals surface area contributed by atoms with E-state index in [2.05, 4.69) is 16.0 Å². The van der Waals surface area contributed by atoms with E-state index in [4.69, 9.17) is 0 Å². The maximum Gasteiger partial charge on any atom is 0.251 e. The third-order valence-corrected chi connectivity index (χ3v) is 4.05. The minimum Gasteiger partial charge on any atom is -0.376 e. The van der Waals surface area contributed by atoms with Gasteiger partial charge in [-0.3, -0.25) is 9.59 Å². The molecule has 0 heterocycles. The standard InChI is InChI=1S/C19H29N3O2/c1-19(2,3)22-17(23)13-20-15-11-9-14(10-12-15)18(24)21-16-7-5-4-6-8-16/h9-12,16,20H,4-8,13H2,1-3H3,(H,21,24)(H,22,23). The molecule has 1 saturated carbocycles. The number of benzene rings is 1. The van der Waals surface area contributed by atoms with Crippen LogP contribution in [0.1, 0.15) is 63.2 Å². The Morgan fingerprint density at radius 1 is 1.04 bits per heavy atom. The van der Waals surface area contributed by atoms with Gasteiger partial charge in [0.2, 0.25) is 5.91 Å². The molecule has 1 aromatic rings. The van der Waals surface area contributed by atoms with Crippen LogP contribution in [0.2, 0.25) is 0 Å². The second-order valence-electron chi connectivity index (χ2n) is 7.54. The van der Waals surface area contributed by atoms with Crippen LogP contribution in [0, 0.1) is 0 Å². The quantitative estimate of drug-likeness (QED) is 0.776. The van der Waals surface area contributed by atoms with Crippen LogP contribution in [0.25, 0.3) is 0 Å². The topological polar surface area (TPSA) is 70.2 Å². The summed E-state index contributed by atoms with van der Waals surface area (Å²) in [5.41, 5.74) is 1.25. The summed E-state index contributed by atoms with van der Waals surface area (Å²) in [7, 11) is 0. The molecule has 3 N–H and O–H groups in total. The number of amides is 2. The first kappa shape index (κ1) is 18.3. The van der Waals surface area contributed by atoms with Crippen LogP contribution in [0.4, 0.5) is 5.69 Å². The number of hydrogen-bond acceptors (Lipinski definition) is 3. The summed E-state index contributed by atoms with van der Waals surface area (Å²) < 4.78 is 0. The van der Waals surface area contributed by atoms with E-state index in [0.29, 0.717) is 11.6 Å². The summed E-state index contributed by atoms with van der Waals surface area (Å²) in [4.78, 5) is 24.0. The Morgan fingerprint density at radius 2 is 1.67 bits per heavy atom. The summed E-state index contributed by atoms with van der Waals surface area (Å²) in [6.07, 6.45) is 5.83. The fourth-order valence-electron chi connectivity index (χ4n) is 2.90. The average Bonchev–Trinajstić information content (AvgIpc) is 2.53. The predicted octanol–water partition coefficient (Wildman–Crippen LogP) is 3.08. The zero-order valence-electron chi connectivity index (χ0n) is 14.9. The van der Waals surface area contributed by atoms with Crippen molar-refractivity contribution in [1.82, 2.24) is 10.6 Å². The van der Waals surface area contributed by atoms with Crippen molar-refractivity contribution >= 4 is 17.5 Å². The third-order valence-electron chi connectivity index (χ3n) is 4.05. The van der Waals surface area contributed by atoms with Crippen molar-refractivity contribution in [3.8, 4) is 0 Å². The molecule has 0 radical (unpaired) electrons. The minimum atomic E-state index is -0.236. The molecule has 1 fully saturated rings. The SMILES string of the molecule is CC(C)(C)NC(=O)CNc1ccc(C(=O)NC2CCCCC2)cc1. The molecule has 0 bridgehead atoms. The van der Waals surface area contributed by atoms with Gasteiger partial charge in [0.05, 0.1) is 6.54 Å². The molecule has 1 aliphatic carbocycles. The molecular formula is C19H29N3O2. The van der Waals surface area contributed by atoms with E-state index >= 15 is 0 Å². The van der Waals surface area contributed by atoms with Gasteiger partial charge in [-0.1, -0.05) is 19.3 Å². The van der Waals surface area contributed by atoms with E-state index in [0.717, 1.165) is 18.5 Å². The number of rotatable bonds is 5. The van der Waals surface area contributed by atoms with Gasteiger partial charge in [-0.15, -0.1) is 0 Å². The summed E-state index contributed by atoms with van der Waals surface area (Å²) in [5, 5.41) is 9.08. The zero-order chi connectivity index (χ0) is 17.6. The largest absolute Gasteiger partial charge is 0.376 e. The maximum atomic E-state index is 12.3. The second-order valence-corrected chi connectivity index (χ2v) is 7.54. The van der Waals surface area contributed by atoms with Crippen molar-refractivity contribution in [2.45, 2.75) is 64.5 Å². The third kappa shape index (κ3) is 6.22. The fraction of sp³-hybridized carbons (Fsp3) is 0.579. The molecule has 2 rings (SSSR count). The number of anilines is 1. The van der Waals surface area contributed by atoms with Crippen LogP contribution in [0.15, 0.2) is 24.3 Å². The van der Waals surface area contributed by atoms with Crippen molar-refractivity contribution < 1.29 is 9.59 Å². The highest BCUT2D eigenvalue weighted by Crippen LogP contribution is 2.18. The van der Waals surface area contributed by atoms with Gasteiger partial charge in [0.15, 0.2) is 0 Å². The van der Waals surface area contributed by atoms with Gasteiger partial charge in [0, 0.05) is 22.8 Å². The molecule has 0 spiro atoms. The monoisotopic (exact) mass is 331 g/mol. The molecule has 2 amide bonds. The highest BCUT2D eigenvalue weighted by atomic mass is 16.2. The predicted molar refractivity (Wildman–Crippen MR) is 97.2 cm³/mol. The van der Waals surface area contributed by atoms with Crippen LogP contribution < -0.4 is 16.0 Å². The molecule has 0 aromatic heterocycles. The van der Waals surface area contributed by atoms with Crippen molar-refractivity contribution in [2.75, 3.05) is 11.9 Å². The van der Waals surface area contributed by atoms with Crippen molar-refractivity contribution in [1.29, 1.82) is 0 Å². The fourth-order valence-corrected chi connectivity index (χ4v) is 2.90. The zero-order valence-corrected chi connectivity index (χ0v) is 14.9. The molecule has 0 saturated heterocycles. The molecule has 5 heteroatoms. The van der Waals surface area contributed by atoms with Crippen LogP contribution >= 0.6 is 0 Å². The van der Waals surface area contributed by atoms with Crippen molar-refractivity contribution in [3.05, 3.63) is 29.8 Å². The molecule has 1 aliphatic rings. The van der Waals surface area contributed by atoms with E-state index in [1.807, 2.05) is 32.9 Å². The minimum absolute atomic E-state index is 0.0149. The Hall–Kier alpha value is -2.04. The van der Waals surface area contributed by atoms with E-state index in [9.17, 15) is 9.59 Å². The normalized spacial score (nSPS) is 15.6. The Kier molecular flexibility index (Phi) is 6.23. The molecule has 5 nitrogen and oxygen atoms in total. The lowest BCUT2D eigenvalue weighted by Crippen LogP contribution is -2.43. The Balaban J connectivity index is 1.81. The summed E-state index contributed by atoms with van der Waals surface area (Å²) in [6, 6.07) is 7.56. The lowest BCUT2D eigenvalue weighted by atomic mass is 9.95. The molecule has 1 aromatic carbocycles. The highest BCUT2D eigenvalue weighted by Gasteiger charge is 2.16. The van der Waals surface area contributed by atoms with Crippen LogP contribution in [-0.4, -0.2) is 29.9 Å². The first-order valence-electron chi connectivity index (χ1n) is 8.79. The van der Waals surface area contributed by atoms with Crippen molar-refractivity contribution in [3.63, 3.8) is 0 Å². The van der Waals surface area contributed by atoms with Gasteiger partial charge in [-0.25, -0.2) is 0 Å². The van der Waals surface area contributed by atoms with Gasteiger partial charge in [-0.2, -0.15) is 0 Å². The Labute approximate surface area is 144 Å². The number of carbonyl (C=O) groups is 2. The molecule has 0 aliphatic heterocycles. The van der Waals surface area contributed by atoms with Crippen LogP contribution in [0.5, 0.6) is 0 Å². The molecule has 24 heavy (non-hydrogen) atoms. The lowest BCUT2D eigenvalue weighted by Gasteiger charge is -2.22. The molecule has 0 unspecified atom stereocenters. The highest BCUT2D eigenvalue weighted by molar-refractivity contribution is 5.94. The molecule has 0 atom stereocenters. The Morgan fingerprint density at radius 3 is 2.25 bits per heavy atom. The Bertz CT molecular complexity index is 555. The first-order valence-corrected chi connectivity index (χ1v) is 8.79. The molecule has 132 valence electrons. The summed E-state index contributed by atoms with van der Waals surface area (Å²) in [5.74, 6) is -0.0689. The van der Waals surface area contributed by atoms with Gasteiger partial charge in [0.1, 0.15) is 0 Å². The lowest BCUT2D eigenvalue weighted by molar-refractivity contribution is -0.120. The van der Waals surface area contributed by atoms with E-state index < -0.39 is 0 Å². The van der Waals surface area contributed by atoms with Crippen molar-refractivity contribution in [2.24, 2.45) is 0 Å². The second kappa shape index (κ2) is 8.18.